The average Bonchev–Trinajstić information content (AvgIpc) is 2.12. The maximum atomic E-state index is 4.84. The van der Waals surface area contributed by atoms with Crippen molar-refractivity contribution in [2.45, 2.75) is 34.1 Å². The van der Waals surface area contributed by atoms with Gasteiger partial charge < -0.3 is 4.52 Å². The molecule has 1 heterocycles. The van der Waals surface area contributed by atoms with Crippen LogP contribution >= 0.6 is 0 Å². The molecule has 0 radical (unpaired) electrons. The fourth-order valence-electron chi connectivity index (χ4n) is 0.983. The van der Waals surface area contributed by atoms with Crippen LogP contribution in [0, 0.1) is 12.3 Å². The van der Waals surface area contributed by atoms with Gasteiger partial charge in [-0.2, -0.15) is 0 Å². The second kappa shape index (κ2) is 2.68. The Balaban J connectivity index is 2.72. The van der Waals surface area contributed by atoms with E-state index in [9.17, 15) is 0 Å². The van der Waals surface area contributed by atoms with E-state index in [4.69, 9.17) is 4.52 Å². The normalized spacial score (nSPS) is 12.0. The molecule has 0 bridgehead atoms. The summed E-state index contributed by atoms with van der Waals surface area (Å²) in [5.41, 5.74) is 2.53. The van der Waals surface area contributed by atoms with Crippen LogP contribution in [0.5, 0.6) is 0 Å². The molecule has 11 heavy (non-hydrogen) atoms. The number of aryl methyl sites for hydroxylation is 1. The zero-order chi connectivity index (χ0) is 8.48. The van der Waals surface area contributed by atoms with Gasteiger partial charge in [0.25, 0.3) is 0 Å². The molecule has 0 aliphatic heterocycles. The Labute approximate surface area is 67.6 Å². The van der Waals surface area contributed by atoms with E-state index in [0.717, 1.165) is 17.7 Å². The van der Waals surface area contributed by atoms with Gasteiger partial charge in [0.05, 0.1) is 5.69 Å². The molecule has 2 nitrogen and oxygen atoms in total. The van der Waals surface area contributed by atoms with E-state index in [1.54, 1.807) is 6.26 Å². The maximum absolute atomic E-state index is 4.84. The van der Waals surface area contributed by atoms with Crippen molar-refractivity contribution in [2.24, 2.45) is 5.41 Å². The van der Waals surface area contributed by atoms with Crippen LogP contribution in [-0.4, -0.2) is 5.16 Å². The molecule has 0 fully saturated rings. The highest BCUT2D eigenvalue weighted by molar-refractivity contribution is 5.13. The van der Waals surface area contributed by atoms with Gasteiger partial charge in [0.15, 0.2) is 0 Å². The van der Waals surface area contributed by atoms with E-state index < -0.39 is 0 Å². The van der Waals surface area contributed by atoms with Crippen molar-refractivity contribution in [3.63, 3.8) is 0 Å². The lowest BCUT2D eigenvalue weighted by Crippen LogP contribution is -2.10. The van der Waals surface area contributed by atoms with E-state index in [0.29, 0.717) is 5.41 Å². The number of aromatic nitrogens is 1. The van der Waals surface area contributed by atoms with Crippen LogP contribution in [0.4, 0.5) is 0 Å². The van der Waals surface area contributed by atoms with Crippen molar-refractivity contribution in [3.8, 4) is 0 Å². The molecular formula is C9H15NO. The first-order valence-corrected chi connectivity index (χ1v) is 3.89. The zero-order valence-electron chi connectivity index (χ0n) is 7.64. The van der Waals surface area contributed by atoms with E-state index in [-0.39, 0.29) is 0 Å². The smallest absolute Gasteiger partial charge is 0.126 e. The van der Waals surface area contributed by atoms with E-state index in [1.165, 1.54) is 0 Å². The lowest BCUT2D eigenvalue weighted by Gasteiger charge is -2.15. The number of rotatable bonds is 1. The lowest BCUT2D eigenvalue weighted by molar-refractivity contribution is 0.371. The predicted octanol–water partition coefficient (Wildman–Crippen LogP) is 2.57. The Hall–Kier alpha value is -0.790. The monoisotopic (exact) mass is 153 g/mol. The third-order valence-electron chi connectivity index (χ3n) is 1.55. The molecule has 0 saturated carbocycles. The quantitative estimate of drug-likeness (QED) is 0.619. The van der Waals surface area contributed by atoms with Crippen molar-refractivity contribution in [1.29, 1.82) is 0 Å². The van der Waals surface area contributed by atoms with Crippen molar-refractivity contribution < 1.29 is 4.52 Å². The second-order valence-corrected chi connectivity index (χ2v) is 4.18. The van der Waals surface area contributed by atoms with E-state index in [2.05, 4.69) is 25.9 Å². The van der Waals surface area contributed by atoms with Gasteiger partial charge in [0, 0.05) is 5.56 Å². The molecule has 0 aromatic carbocycles. The Morgan fingerprint density at radius 2 is 2.09 bits per heavy atom. The van der Waals surface area contributed by atoms with Crippen LogP contribution in [0.2, 0.25) is 0 Å². The summed E-state index contributed by atoms with van der Waals surface area (Å²) in [6.07, 6.45) is 2.68. The molecule has 1 rings (SSSR count). The third-order valence-corrected chi connectivity index (χ3v) is 1.55. The largest absolute Gasteiger partial charge is 0.364 e. The Morgan fingerprint density at radius 3 is 2.45 bits per heavy atom. The Kier molecular flexibility index (Phi) is 2.03. The minimum atomic E-state index is 0.293. The summed E-state index contributed by atoms with van der Waals surface area (Å²) >= 11 is 0. The van der Waals surface area contributed by atoms with Gasteiger partial charge in [-0.3, -0.25) is 0 Å². The van der Waals surface area contributed by atoms with Crippen molar-refractivity contribution in [2.75, 3.05) is 0 Å². The van der Waals surface area contributed by atoms with Crippen molar-refractivity contribution >= 4 is 0 Å². The van der Waals surface area contributed by atoms with Crippen LogP contribution in [0.1, 0.15) is 32.0 Å². The first-order valence-electron chi connectivity index (χ1n) is 3.89. The van der Waals surface area contributed by atoms with E-state index >= 15 is 0 Å². The number of nitrogens with zero attached hydrogens (tertiary/aromatic N) is 1. The number of hydrogen-bond donors (Lipinski definition) is 0. The summed E-state index contributed by atoms with van der Waals surface area (Å²) in [7, 11) is 0. The fourth-order valence-corrected chi connectivity index (χ4v) is 0.983. The predicted molar refractivity (Wildman–Crippen MR) is 44.4 cm³/mol. The molecule has 0 atom stereocenters. The van der Waals surface area contributed by atoms with Crippen LogP contribution in [0.3, 0.4) is 0 Å². The van der Waals surface area contributed by atoms with Gasteiger partial charge in [-0.05, 0) is 18.8 Å². The van der Waals surface area contributed by atoms with Gasteiger partial charge in [0.2, 0.25) is 0 Å². The SMILES string of the molecule is Cc1conc1CC(C)(C)C. The molecule has 1 aromatic rings. The summed E-state index contributed by atoms with van der Waals surface area (Å²) in [4.78, 5) is 0. The standard InChI is InChI=1S/C9H15NO/c1-7-6-11-10-8(7)5-9(2,3)4/h6H,5H2,1-4H3. The summed E-state index contributed by atoms with van der Waals surface area (Å²) in [5.74, 6) is 0. The van der Waals surface area contributed by atoms with Gasteiger partial charge in [-0.1, -0.05) is 25.9 Å². The summed E-state index contributed by atoms with van der Waals surface area (Å²) < 4.78 is 4.84. The second-order valence-electron chi connectivity index (χ2n) is 4.18. The molecule has 0 unspecified atom stereocenters. The van der Waals surface area contributed by atoms with Gasteiger partial charge in [0.1, 0.15) is 6.26 Å². The summed E-state index contributed by atoms with van der Waals surface area (Å²) in [6, 6.07) is 0. The van der Waals surface area contributed by atoms with Gasteiger partial charge >= 0.3 is 0 Å². The molecule has 0 amide bonds. The van der Waals surface area contributed by atoms with Crippen LogP contribution in [0.15, 0.2) is 10.8 Å². The molecule has 0 N–H and O–H groups in total. The lowest BCUT2D eigenvalue weighted by atomic mass is 9.90. The highest BCUT2D eigenvalue weighted by Crippen LogP contribution is 2.21. The molecule has 0 saturated heterocycles. The highest BCUT2D eigenvalue weighted by atomic mass is 16.5. The maximum Gasteiger partial charge on any atom is 0.126 e. The summed E-state index contributed by atoms with van der Waals surface area (Å²) in [5, 5.41) is 3.93. The first-order chi connectivity index (χ1) is 4.99. The molecule has 0 spiro atoms. The Bertz CT molecular complexity index is 232. The van der Waals surface area contributed by atoms with Crippen LogP contribution in [-0.2, 0) is 6.42 Å². The fraction of sp³-hybridized carbons (Fsp3) is 0.667. The van der Waals surface area contributed by atoms with Crippen LogP contribution in [0.25, 0.3) is 0 Å². The third kappa shape index (κ3) is 2.37. The minimum Gasteiger partial charge on any atom is -0.364 e. The Morgan fingerprint density at radius 1 is 1.45 bits per heavy atom. The van der Waals surface area contributed by atoms with E-state index in [1.807, 2.05) is 6.92 Å². The van der Waals surface area contributed by atoms with Crippen LogP contribution < -0.4 is 0 Å². The summed E-state index contributed by atoms with van der Waals surface area (Å²) in [6.45, 7) is 8.61. The van der Waals surface area contributed by atoms with Crippen molar-refractivity contribution in [3.05, 3.63) is 17.5 Å². The molecule has 2 heteroatoms. The molecular weight excluding hydrogens is 138 g/mol. The average molecular weight is 153 g/mol. The van der Waals surface area contributed by atoms with Crippen molar-refractivity contribution in [1.82, 2.24) is 5.16 Å². The van der Waals surface area contributed by atoms with Gasteiger partial charge in [-0.25, -0.2) is 0 Å². The topological polar surface area (TPSA) is 26.0 Å². The highest BCUT2D eigenvalue weighted by Gasteiger charge is 2.14. The molecule has 0 aliphatic carbocycles. The zero-order valence-corrected chi connectivity index (χ0v) is 7.64. The molecule has 0 aliphatic rings. The minimum absolute atomic E-state index is 0.293. The molecule has 62 valence electrons. The van der Waals surface area contributed by atoms with Gasteiger partial charge in [-0.15, -0.1) is 0 Å². The number of hydrogen-bond acceptors (Lipinski definition) is 2. The first kappa shape index (κ1) is 8.31. The molecule has 1 aromatic heterocycles.